The molecule has 0 aromatic heterocycles. The Morgan fingerprint density at radius 3 is 2.68 bits per heavy atom. The summed E-state index contributed by atoms with van der Waals surface area (Å²) in [6.07, 6.45) is 4.53. The largest absolute Gasteiger partial charge is 0.491 e. The molecular formula is C16H22F2N2O2. The van der Waals surface area contributed by atoms with Crippen molar-refractivity contribution in [3.8, 4) is 5.75 Å². The number of carbonyl (C=O) groups excluding carboxylic acids is 1. The van der Waals surface area contributed by atoms with Crippen LogP contribution in [0.15, 0.2) is 18.2 Å². The molecule has 1 fully saturated rings. The first kappa shape index (κ1) is 16.7. The van der Waals surface area contributed by atoms with Crippen LogP contribution < -0.4 is 15.8 Å². The minimum atomic E-state index is -0.733. The van der Waals surface area contributed by atoms with Gasteiger partial charge in [-0.05, 0) is 44.2 Å². The monoisotopic (exact) mass is 312 g/mol. The lowest BCUT2D eigenvalue weighted by molar-refractivity contribution is -0.122. The number of nitrogens with one attached hydrogen (secondary N) is 1. The van der Waals surface area contributed by atoms with E-state index in [1.165, 1.54) is 6.07 Å². The topological polar surface area (TPSA) is 64.3 Å². The number of carbonyl (C=O) groups is 1. The summed E-state index contributed by atoms with van der Waals surface area (Å²) in [5, 5.41) is 2.98. The molecular weight excluding hydrogens is 290 g/mol. The van der Waals surface area contributed by atoms with Crippen LogP contribution in [0.25, 0.3) is 0 Å². The molecule has 3 N–H and O–H groups in total. The fraction of sp³-hybridized carbons (Fsp3) is 0.562. The van der Waals surface area contributed by atoms with E-state index in [1.54, 1.807) is 0 Å². The highest BCUT2D eigenvalue weighted by molar-refractivity contribution is 5.76. The molecule has 1 aliphatic carbocycles. The highest BCUT2D eigenvalue weighted by Crippen LogP contribution is 2.18. The van der Waals surface area contributed by atoms with Gasteiger partial charge in [0.05, 0.1) is 6.61 Å². The smallest absolute Gasteiger partial charge is 0.220 e. The molecule has 6 heteroatoms. The lowest BCUT2D eigenvalue weighted by Crippen LogP contribution is -2.40. The molecule has 22 heavy (non-hydrogen) atoms. The SMILES string of the molecule is NC1CCC(NC(=O)CCCOc2ccc(F)cc2F)CC1. The lowest BCUT2D eigenvalue weighted by atomic mass is 9.92. The molecule has 0 radical (unpaired) electrons. The highest BCUT2D eigenvalue weighted by atomic mass is 19.1. The fourth-order valence-corrected chi connectivity index (χ4v) is 2.57. The van der Waals surface area contributed by atoms with Crippen LogP contribution in [-0.2, 0) is 4.79 Å². The van der Waals surface area contributed by atoms with Crippen LogP contribution in [0.4, 0.5) is 8.78 Å². The molecule has 0 unspecified atom stereocenters. The predicted octanol–water partition coefficient (Wildman–Crippen LogP) is 2.51. The molecule has 0 aliphatic heterocycles. The van der Waals surface area contributed by atoms with Gasteiger partial charge in [-0.15, -0.1) is 0 Å². The summed E-state index contributed by atoms with van der Waals surface area (Å²) >= 11 is 0. The maximum atomic E-state index is 13.3. The molecule has 1 amide bonds. The number of ether oxygens (including phenoxy) is 1. The Morgan fingerprint density at radius 2 is 2.00 bits per heavy atom. The van der Waals surface area contributed by atoms with Crippen molar-refractivity contribution in [2.75, 3.05) is 6.61 Å². The Labute approximate surface area is 129 Å². The summed E-state index contributed by atoms with van der Waals surface area (Å²) in [5.41, 5.74) is 5.82. The van der Waals surface area contributed by atoms with Gasteiger partial charge in [0.1, 0.15) is 5.82 Å². The summed E-state index contributed by atoms with van der Waals surface area (Å²) in [6.45, 7) is 0.214. The summed E-state index contributed by atoms with van der Waals surface area (Å²) < 4.78 is 31.3. The molecule has 1 saturated carbocycles. The Morgan fingerprint density at radius 1 is 1.27 bits per heavy atom. The Kier molecular flexibility index (Phi) is 6.12. The first-order valence-electron chi connectivity index (χ1n) is 7.67. The number of halogens is 2. The van der Waals surface area contributed by atoms with Crippen LogP contribution in [0.5, 0.6) is 5.75 Å². The van der Waals surface area contributed by atoms with Crippen molar-refractivity contribution >= 4 is 5.91 Å². The summed E-state index contributed by atoms with van der Waals surface area (Å²) in [5.74, 6) is -1.40. The third-order valence-corrected chi connectivity index (χ3v) is 3.84. The van der Waals surface area contributed by atoms with E-state index in [0.29, 0.717) is 12.8 Å². The van der Waals surface area contributed by atoms with E-state index in [2.05, 4.69) is 5.32 Å². The van der Waals surface area contributed by atoms with Crippen molar-refractivity contribution in [3.05, 3.63) is 29.8 Å². The van der Waals surface area contributed by atoms with Crippen LogP contribution in [0.3, 0.4) is 0 Å². The average Bonchev–Trinajstić information content (AvgIpc) is 2.48. The molecule has 122 valence electrons. The Bertz CT molecular complexity index is 503. The third kappa shape index (κ3) is 5.26. The van der Waals surface area contributed by atoms with E-state index in [4.69, 9.17) is 10.5 Å². The van der Waals surface area contributed by atoms with E-state index in [-0.39, 0.29) is 30.3 Å². The molecule has 0 spiro atoms. The lowest BCUT2D eigenvalue weighted by Gasteiger charge is -2.26. The zero-order valence-corrected chi connectivity index (χ0v) is 12.5. The predicted molar refractivity (Wildman–Crippen MR) is 79.5 cm³/mol. The number of hydrogen-bond acceptors (Lipinski definition) is 3. The normalized spacial score (nSPS) is 21.4. The average molecular weight is 312 g/mol. The zero-order chi connectivity index (χ0) is 15.9. The minimum absolute atomic E-state index is 0.00285. The van der Waals surface area contributed by atoms with Gasteiger partial charge in [-0.3, -0.25) is 4.79 Å². The third-order valence-electron chi connectivity index (χ3n) is 3.84. The summed E-state index contributed by atoms with van der Waals surface area (Å²) in [6, 6.07) is 3.62. The number of rotatable bonds is 6. The van der Waals surface area contributed by atoms with Gasteiger partial charge in [0, 0.05) is 24.6 Å². The number of hydrogen-bond donors (Lipinski definition) is 2. The van der Waals surface area contributed by atoms with Crippen molar-refractivity contribution < 1.29 is 18.3 Å². The van der Waals surface area contributed by atoms with Crippen LogP contribution in [0, 0.1) is 11.6 Å². The van der Waals surface area contributed by atoms with Gasteiger partial charge in [-0.25, -0.2) is 8.78 Å². The molecule has 0 saturated heterocycles. The van der Waals surface area contributed by atoms with E-state index in [0.717, 1.165) is 37.8 Å². The van der Waals surface area contributed by atoms with Gasteiger partial charge in [0.15, 0.2) is 11.6 Å². The Balaban J connectivity index is 1.62. The first-order valence-corrected chi connectivity index (χ1v) is 7.67. The molecule has 4 nitrogen and oxygen atoms in total. The van der Waals surface area contributed by atoms with Crippen molar-refractivity contribution in [3.63, 3.8) is 0 Å². The second-order valence-corrected chi connectivity index (χ2v) is 5.71. The van der Waals surface area contributed by atoms with Crippen molar-refractivity contribution in [1.82, 2.24) is 5.32 Å². The molecule has 1 aliphatic rings. The van der Waals surface area contributed by atoms with E-state index >= 15 is 0 Å². The zero-order valence-electron chi connectivity index (χ0n) is 12.5. The van der Waals surface area contributed by atoms with Crippen molar-refractivity contribution in [1.29, 1.82) is 0 Å². The van der Waals surface area contributed by atoms with E-state index in [9.17, 15) is 13.6 Å². The molecule has 2 rings (SSSR count). The van der Waals surface area contributed by atoms with E-state index in [1.807, 2.05) is 0 Å². The summed E-state index contributed by atoms with van der Waals surface area (Å²) in [4.78, 5) is 11.8. The Hall–Kier alpha value is -1.69. The van der Waals surface area contributed by atoms with Crippen molar-refractivity contribution in [2.45, 2.75) is 50.6 Å². The van der Waals surface area contributed by atoms with Crippen LogP contribution >= 0.6 is 0 Å². The quantitative estimate of drug-likeness (QED) is 0.793. The highest BCUT2D eigenvalue weighted by Gasteiger charge is 2.19. The van der Waals surface area contributed by atoms with Gasteiger partial charge in [-0.1, -0.05) is 0 Å². The van der Waals surface area contributed by atoms with Gasteiger partial charge >= 0.3 is 0 Å². The van der Waals surface area contributed by atoms with Gasteiger partial charge in [0.2, 0.25) is 5.91 Å². The number of amides is 1. The van der Waals surface area contributed by atoms with Gasteiger partial charge in [0.25, 0.3) is 0 Å². The molecule has 0 atom stereocenters. The van der Waals surface area contributed by atoms with E-state index < -0.39 is 11.6 Å². The standard InChI is InChI=1S/C16H22F2N2O2/c17-11-3-8-15(14(18)10-11)22-9-1-2-16(21)20-13-6-4-12(19)5-7-13/h3,8,10,12-13H,1-2,4-7,9,19H2,(H,20,21). The summed E-state index contributed by atoms with van der Waals surface area (Å²) in [7, 11) is 0. The minimum Gasteiger partial charge on any atom is -0.491 e. The van der Waals surface area contributed by atoms with Crippen LogP contribution in [0.1, 0.15) is 38.5 Å². The number of benzene rings is 1. The molecule has 0 heterocycles. The van der Waals surface area contributed by atoms with Crippen molar-refractivity contribution in [2.24, 2.45) is 5.73 Å². The maximum Gasteiger partial charge on any atom is 0.220 e. The first-order chi connectivity index (χ1) is 10.5. The van der Waals surface area contributed by atoms with Gasteiger partial charge < -0.3 is 15.8 Å². The number of nitrogens with two attached hydrogens (primary N) is 1. The second-order valence-electron chi connectivity index (χ2n) is 5.71. The maximum absolute atomic E-state index is 13.3. The fourth-order valence-electron chi connectivity index (χ4n) is 2.57. The van der Waals surface area contributed by atoms with Gasteiger partial charge in [-0.2, -0.15) is 0 Å². The second kappa shape index (κ2) is 8.08. The molecule has 1 aromatic carbocycles. The van der Waals surface area contributed by atoms with Crippen LogP contribution in [-0.4, -0.2) is 24.6 Å². The molecule has 1 aromatic rings. The van der Waals surface area contributed by atoms with Crippen LogP contribution in [0.2, 0.25) is 0 Å². The molecule has 0 bridgehead atoms.